The van der Waals surface area contributed by atoms with Gasteiger partial charge in [0.15, 0.2) is 0 Å². The van der Waals surface area contributed by atoms with Gasteiger partial charge in [0.05, 0.1) is 42.7 Å². The van der Waals surface area contributed by atoms with Crippen molar-refractivity contribution >= 4 is 5.82 Å². The molecule has 2 atom stereocenters. The van der Waals surface area contributed by atoms with Crippen LogP contribution in [0.4, 0.5) is 5.82 Å². The molecule has 1 heterocycles. The first-order valence-electron chi connectivity index (χ1n) is 7.69. The van der Waals surface area contributed by atoms with Crippen LogP contribution in [0.3, 0.4) is 0 Å². The minimum Gasteiger partial charge on any atom is -0.389 e. The zero-order valence-electron chi connectivity index (χ0n) is 12.7. The molecule has 7 heteroatoms. The van der Waals surface area contributed by atoms with E-state index < -0.39 is 11.0 Å². The third-order valence-electron chi connectivity index (χ3n) is 4.02. The second-order valence-electron chi connectivity index (χ2n) is 5.72. The number of hydrogen-bond acceptors (Lipinski definition) is 5. The van der Waals surface area contributed by atoms with Crippen LogP contribution in [0.1, 0.15) is 30.1 Å². The number of nitrogens with zero attached hydrogens (tertiary/aromatic N) is 3. The lowest BCUT2D eigenvalue weighted by molar-refractivity contribution is -0.389. The van der Waals surface area contributed by atoms with Crippen molar-refractivity contribution in [2.45, 2.75) is 38.0 Å². The van der Waals surface area contributed by atoms with E-state index in [1.807, 2.05) is 12.1 Å². The van der Waals surface area contributed by atoms with Crippen LogP contribution in [0, 0.1) is 10.1 Å². The number of rotatable bonds is 6. The molecule has 0 radical (unpaired) electrons. The second-order valence-corrected chi connectivity index (χ2v) is 5.72. The molecule has 1 aromatic carbocycles. The van der Waals surface area contributed by atoms with E-state index in [0.717, 1.165) is 19.3 Å². The van der Waals surface area contributed by atoms with Gasteiger partial charge in [-0.15, -0.1) is 0 Å². The van der Waals surface area contributed by atoms with Crippen molar-refractivity contribution in [3.05, 3.63) is 57.8 Å². The molecule has 23 heavy (non-hydrogen) atoms. The van der Waals surface area contributed by atoms with E-state index in [0.29, 0.717) is 0 Å². The lowest BCUT2D eigenvalue weighted by Crippen LogP contribution is -2.24. The minimum atomic E-state index is -0.761. The fourth-order valence-corrected chi connectivity index (χ4v) is 2.93. The maximum atomic E-state index is 10.6. The minimum absolute atomic E-state index is 0.00144. The fourth-order valence-electron chi connectivity index (χ4n) is 2.93. The van der Waals surface area contributed by atoms with Gasteiger partial charge in [-0.25, -0.2) is 0 Å². The monoisotopic (exact) mass is 317 g/mol. The molecule has 122 valence electrons. The lowest BCUT2D eigenvalue weighted by Gasteiger charge is -2.26. The first-order chi connectivity index (χ1) is 11.1. The number of hydrogen-bond donors (Lipinski definition) is 1. The molecule has 0 unspecified atom stereocenters. The summed E-state index contributed by atoms with van der Waals surface area (Å²) in [5.74, 6) is -0.223. The van der Waals surface area contributed by atoms with Crippen LogP contribution in [-0.4, -0.2) is 32.5 Å². The maximum absolute atomic E-state index is 10.6. The van der Waals surface area contributed by atoms with Gasteiger partial charge >= 0.3 is 5.82 Å². The van der Waals surface area contributed by atoms with Crippen molar-refractivity contribution in [2.24, 2.45) is 0 Å². The predicted molar refractivity (Wildman–Crippen MR) is 83.0 cm³/mol. The van der Waals surface area contributed by atoms with Gasteiger partial charge < -0.3 is 20.0 Å². The normalized spacial score (nSPS) is 18.4. The molecule has 0 fully saturated rings. The Balaban J connectivity index is 1.55. The summed E-state index contributed by atoms with van der Waals surface area (Å²) in [5.41, 5.74) is 2.50. The van der Waals surface area contributed by atoms with Gasteiger partial charge in [-0.1, -0.05) is 24.3 Å². The quantitative estimate of drug-likeness (QED) is 0.652. The Labute approximate surface area is 133 Å². The summed E-state index contributed by atoms with van der Waals surface area (Å²) in [6.45, 7) is 0.342. The number of benzene rings is 1. The second kappa shape index (κ2) is 6.89. The van der Waals surface area contributed by atoms with E-state index in [1.54, 1.807) is 0 Å². The molecular weight excluding hydrogens is 298 g/mol. The average Bonchev–Trinajstić information content (AvgIpc) is 3.01. The van der Waals surface area contributed by atoms with E-state index in [4.69, 9.17) is 4.74 Å². The third kappa shape index (κ3) is 3.75. The summed E-state index contributed by atoms with van der Waals surface area (Å²) in [5, 5.41) is 24.4. The molecule has 1 aliphatic rings. The van der Waals surface area contributed by atoms with Crippen LogP contribution in [0.25, 0.3) is 0 Å². The average molecular weight is 317 g/mol. The highest BCUT2D eigenvalue weighted by Crippen LogP contribution is 2.32. The molecule has 0 saturated heterocycles. The Kier molecular flexibility index (Phi) is 4.68. The molecule has 3 rings (SSSR count). The van der Waals surface area contributed by atoms with Crippen molar-refractivity contribution in [3.8, 4) is 0 Å². The lowest BCUT2D eigenvalue weighted by atomic mass is 9.89. The van der Waals surface area contributed by atoms with Crippen molar-refractivity contribution in [1.29, 1.82) is 0 Å². The fraction of sp³-hybridized carbons (Fsp3) is 0.438. The zero-order chi connectivity index (χ0) is 16.2. The number of fused-ring (bicyclic) bond motifs is 1. The number of aliphatic hydroxyl groups is 1. The summed E-state index contributed by atoms with van der Waals surface area (Å²) in [4.78, 5) is 10.0. The van der Waals surface area contributed by atoms with Crippen molar-refractivity contribution in [1.82, 2.24) is 9.78 Å². The van der Waals surface area contributed by atoms with Gasteiger partial charge in [-0.05, 0) is 35.3 Å². The molecule has 0 amide bonds. The Morgan fingerprint density at radius 3 is 3.04 bits per heavy atom. The summed E-state index contributed by atoms with van der Waals surface area (Å²) in [6, 6.07) is 9.53. The molecule has 0 aliphatic heterocycles. The number of ether oxygens (including phenoxy) is 1. The Bertz CT molecular complexity index is 685. The van der Waals surface area contributed by atoms with E-state index in [-0.39, 0.29) is 25.1 Å². The van der Waals surface area contributed by atoms with Crippen molar-refractivity contribution in [3.63, 3.8) is 0 Å². The predicted octanol–water partition coefficient (Wildman–Crippen LogP) is 2.25. The van der Waals surface area contributed by atoms with E-state index in [9.17, 15) is 15.2 Å². The van der Waals surface area contributed by atoms with Crippen LogP contribution in [0.5, 0.6) is 0 Å². The number of aryl methyl sites for hydroxylation is 1. The largest absolute Gasteiger partial charge is 0.389 e. The smallest absolute Gasteiger partial charge is 0.389 e. The van der Waals surface area contributed by atoms with Gasteiger partial charge in [0, 0.05) is 0 Å². The van der Waals surface area contributed by atoms with Crippen LogP contribution < -0.4 is 0 Å². The molecule has 2 aromatic rings. The van der Waals surface area contributed by atoms with Crippen LogP contribution in [0.15, 0.2) is 36.5 Å². The summed E-state index contributed by atoms with van der Waals surface area (Å²) in [6.07, 6.45) is 3.80. The highest BCUT2D eigenvalue weighted by Gasteiger charge is 2.22. The number of aromatic nitrogens is 2. The zero-order valence-corrected chi connectivity index (χ0v) is 12.7. The molecule has 1 aromatic heterocycles. The van der Waals surface area contributed by atoms with Gasteiger partial charge in [-0.3, -0.25) is 0 Å². The van der Waals surface area contributed by atoms with Gasteiger partial charge in [-0.2, -0.15) is 4.68 Å². The third-order valence-corrected chi connectivity index (χ3v) is 4.02. The van der Waals surface area contributed by atoms with Crippen LogP contribution >= 0.6 is 0 Å². The number of aliphatic hydroxyl groups excluding tert-OH is 1. The van der Waals surface area contributed by atoms with Crippen molar-refractivity contribution in [2.75, 3.05) is 6.61 Å². The topological polar surface area (TPSA) is 90.4 Å². The summed E-state index contributed by atoms with van der Waals surface area (Å²) in [7, 11) is 0. The van der Waals surface area contributed by atoms with Gasteiger partial charge in [0.1, 0.15) is 0 Å². The van der Waals surface area contributed by atoms with E-state index >= 15 is 0 Å². The van der Waals surface area contributed by atoms with E-state index in [2.05, 4.69) is 17.2 Å². The standard InChI is InChI=1S/C16H19N3O4/c20-13(10-18-9-8-16(17-18)19(21)22)11-23-15-7-3-5-12-4-1-2-6-14(12)15/h1-2,4,6,8-9,13,15,20H,3,5,7,10-11H2/t13-,15+/m0/s1. The van der Waals surface area contributed by atoms with Gasteiger partial charge in [0.25, 0.3) is 0 Å². The molecule has 0 spiro atoms. The van der Waals surface area contributed by atoms with Crippen molar-refractivity contribution < 1.29 is 14.8 Å². The molecule has 7 nitrogen and oxygen atoms in total. The molecule has 1 N–H and O–H groups in total. The van der Waals surface area contributed by atoms with Crippen LogP contribution in [0.2, 0.25) is 0 Å². The van der Waals surface area contributed by atoms with E-state index in [1.165, 1.54) is 28.1 Å². The first kappa shape index (κ1) is 15.6. The molecular formula is C16H19N3O4. The number of nitro groups is 1. The highest BCUT2D eigenvalue weighted by molar-refractivity contribution is 5.31. The highest BCUT2D eigenvalue weighted by atomic mass is 16.6. The SMILES string of the molecule is O=[N+]([O-])c1ccn(C[C@H](O)CO[C@@H]2CCCc3ccccc32)n1. The molecule has 1 aliphatic carbocycles. The maximum Gasteiger partial charge on any atom is 0.389 e. The summed E-state index contributed by atoms with van der Waals surface area (Å²) < 4.78 is 7.23. The Morgan fingerprint density at radius 1 is 1.43 bits per heavy atom. The van der Waals surface area contributed by atoms with Gasteiger partial charge in [0.2, 0.25) is 0 Å². The Hall–Kier alpha value is -2.25. The molecule has 0 bridgehead atoms. The summed E-state index contributed by atoms with van der Waals surface area (Å²) >= 11 is 0. The first-order valence-corrected chi connectivity index (χ1v) is 7.69. The van der Waals surface area contributed by atoms with Crippen LogP contribution in [-0.2, 0) is 17.7 Å². The molecule has 0 saturated carbocycles. The Morgan fingerprint density at radius 2 is 2.26 bits per heavy atom.